The lowest BCUT2D eigenvalue weighted by atomic mass is 9.98. The molecule has 6 heteroatoms. The minimum atomic E-state index is -0.731. The lowest BCUT2D eigenvalue weighted by molar-refractivity contribution is -0.127. The van der Waals surface area contributed by atoms with Gasteiger partial charge in [0.1, 0.15) is 18.7 Å². The summed E-state index contributed by atoms with van der Waals surface area (Å²) in [5.41, 5.74) is 2.71. The highest BCUT2D eigenvalue weighted by atomic mass is 16.5. The third kappa shape index (κ3) is 6.26. The van der Waals surface area contributed by atoms with Crippen LogP contribution in [0.25, 0.3) is 0 Å². The van der Waals surface area contributed by atoms with Crippen molar-refractivity contribution in [2.45, 2.75) is 58.2 Å². The van der Waals surface area contributed by atoms with Crippen molar-refractivity contribution in [1.29, 1.82) is 0 Å². The van der Waals surface area contributed by atoms with Crippen molar-refractivity contribution in [2.75, 3.05) is 6.61 Å². The molecule has 0 bridgehead atoms. The quantitative estimate of drug-likeness (QED) is 0.633. The van der Waals surface area contributed by atoms with E-state index in [1.165, 1.54) is 5.56 Å². The third-order valence-corrected chi connectivity index (χ3v) is 5.72. The first-order valence-corrected chi connectivity index (χ1v) is 11.2. The minimum absolute atomic E-state index is 0.00209. The maximum Gasteiger partial charge on any atom is 0.252 e. The molecule has 1 aliphatic heterocycles. The summed E-state index contributed by atoms with van der Waals surface area (Å²) in [5, 5.41) is 5.68. The van der Waals surface area contributed by atoms with Gasteiger partial charge < -0.3 is 15.4 Å². The molecule has 0 spiro atoms. The Bertz CT molecular complexity index is 942. The number of benzene rings is 2. The summed E-state index contributed by atoms with van der Waals surface area (Å²) in [6.07, 6.45) is 1.64. The number of aryl methyl sites for hydroxylation is 2. The zero-order chi connectivity index (χ0) is 23.1. The van der Waals surface area contributed by atoms with Crippen LogP contribution in [0.2, 0.25) is 0 Å². The first-order valence-electron chi connectivity index (χ1n) is 11.2. The average molecular weight is 437 g/mol. The molecule has 2 aromatic carbocycles. The van der Waals surface area contributed by atoms with Gasteiger partial charge in [-0.1, -0.05) is 62.4 Å². The van der Waals surface area contributed by atoms with Gasteiger partial charge in [-0.25, -0.2) is 0 Å². The van der Waals surface area contributed by atoms with Gasteiger partial charge in [0.2, 0.25) is 5.91 Å². The molecule has 0 aliphatic carbocycles. The number of amides is 2. The molecule has 0 radical (unpaired) electrons. The van der Waals surface area contributed by atoms with Crippen LogP contribution in [-0.4, -0.2) is 42.4 Å². The van der Waals surface area contributed by atoms with E-state index in [4.69, 9.17) is 4.74 Å². The summed E-state index contributed by atoms with van der Waals surface area (Å²) in [7, 11) is 0. The van der Waals surface area contributed by atoms with Gasteiger partial charge in [0.15, 0.2) is 5.78 Å². The molecule has 2 N–H and O–H groups in total. The maximum atomic E-state index is 13.2. The molecule has 1 unspecified atom stereocenters. The molecule has 1 aliphatic rings. The monoisotopic (exact) mass is 436 g/mol. The fourth-order valence-electron chi connectivity index (χ4n) is 3.94. The van der Waals surface area contributed by atoms with E-state index in [0.29, 0.717) is 12.0 Å². The number of carbonyl (C=O) groups is 3. The van der Waals surface area contributed by atoms with E-state index in [2.05, 4.69) is 22.8 Å². The Balaban J connectivity index is 1.70. The van der Waals surface area contributed by atoms with E-state index in [9.17, 15) is 14.4 Å². The van der Waals surface area contributed by atoms with Crippen LogP contribution >= 0.6 is 0 Å². The van der Waals surface area contributed by atoms with Crippen LogP contribution in [0.4, 0.5) is 0 Å². The summed E-state index contributed by atoms with van der Waals surface area (Å²) in [4.78, 5) is 38.1. The Morgan fingerprint density at radius 3 is 2.38 bits per heavy atom. The van der Waals surface area contributed by atoms with Crippen molar-refractivity contribution in [3.63, 3.8) is 0 Å². The Labute approximate surface area is 189 Å². The normalized spacial score (nSPS) is 19.1. The molecule has 3 atom stereocenters. The highest BCUT2D eigenvalue weighted by molar-refractivity contribution is 5.99. The Morgan fingerprint density at radius 1 is 1.03 bits per heavy atom. The smallest absolute Gasteiger partial charge is 0.252 e. The fourth-order valence-corrected chi connectivity index (χ4v) is 3.94. The topological polar surface area (TPSA) is 84.5 Å². The first-order chi connectivity index (χ1) is 15.3. The van der Waals surface area contributed by atoms with Crippen molar-refractivity contribution in [3.05, 3.63) is 71.3 Å². The summed E-state index contributed by atoms with van der Waals surface area (Å²) in [6.45, 7) is 5.75. The van der Waals surface area contributed by atoms with Gasteiger partial charge in [0.05, 0.1) is 6.10 Å². The van der Waals surface area contributed by atoms with Gasteiger partial charge in [-0.05, 0) is 49.3 Å². The van der Waals surface area contributed by atoms with E-state index in [1.807, 2.05) is 50.2 Å². The number of Topliss-reactive ketones (excluding diaryl/α,β-unsaturated/α-hetero) is 1. The summed E-state index contributed by atoms with van der Waals surface area (Å²) < 4.78 is 5.32. The van der Waals surface area contributed by atoms with Gasteiger partial charge in [0, 0.05) is 5.56 Å². The Kier molecular flexibility index (Phi) is 8.17. The van der Waals surface area contributed by atoms with Crippen molar-refractivity contribution >= 4 is 17.6 Å². The fraction of sp³-hybridized carbons (Fsp3) is 0.423. The highest BCUT2D eigenvalue weighted by Gasteiger charge is 2.35. The largest absolute Gasteiger partial charge is 0.368 e. The molecule has 2 amide bonds. The number of carbonyl (C=O) groups excluding carboxylic acids is 3. The summed E-state index contributed by atoms with van der Waals surface area (Å²) in [6, 6.07) is 16.2. The van der Waals surface area contributed by atoms with Crippen LogP contribution in [0.15, 0.2) is 54.6 Å². The SMILES string of the molecule is CC(C)CC(NC(=O)c1ccccc1CCc1ccccc1)C(=O)N[C@@H]1C(=O)CO[C@@H]1C. The van der Waals surface area contributed by atoms with Gasteiger partial charge in [-0.3, -0.25) is 14.4 Å². The van der Waals surface area contributed by atoms with Crippen molar-refractivity contribution in [2.24, 2.45) is 5.92 Å². The van der Waals surface area contributed by atoms with E-state index in [-0.39, 0.29) is 36.2 Å². The molecular formula is C26H32N2O4. The van der Waals surface area contributed by atoms with Crippen LogP contribution in [-0.2, 0) is 27.2 Å². The van der Waals surface area contributed by atoms with Crippen LogP contribution in [0, 0.1) is 5.92 Å². The molecule has 2 aromatic rings. The predicted molar refractivity (Wildman–Crippen MR) is 123 cm³/mol. The van der Waals surface area contributed by atoms with Crippen LogP contribution in [0.1, 0.15) is 48.7 Å². The number of nitrogens with one attached hydrogen (secondary N) is 2. The number of hydrogen-bond donors (Lipinski definition) is 2. The molecule has 1 fully saturated rings. The molecule has 0 saturated carbocycles. The number of rotatable bonds is 9. The minimum Gasteiger partial charge on any atom is -0.368 e. The zero-order valence-corrected chi connectivity index (χ0v) is 19.0. The van der Waals surface area contributed by atoms with Crippen LogP contribution in [0.3, 0.4) is 0 Å². The van der Waals surface area contributed by atoms with Crippen molar-refractivity contribution in [1.82, 2.24) is 10.6 Å². The summed E-state index contributed by atoms with van der Waals surface area (Å²) >= 11 is 0. The lowest BCUT2D eigenvalue weighted by Crippen LogP contribution is -2.53. The molecule has 32 heavy (non-hydrogen) atoms. The Hall–Kier alpha value is -2.99. The summed E-state index contributed by atoms with van der Waals surface area (Å²) in [5.74, 6) is -0.597. The van der Waals surface area contributed by atoms with E-state index >= 15 is 0 Å². The average Bonchev–Trinajstić information content (AvgIpc) is 3.09. The maximum absolute atomic E-state index is 13.2. The standard InChI is InChI=1S/C26H32N2O4/c1-17(2)15-22(26(31)28-24-18(3)32-16-23(24)29)27-25(30)21-12-8-7-11-20(21)14-13-19-9-5-4-6-10-19/h4-12,17-18,22,24H,13-16H2,1-3H3,(H,27,30)(H,28,31)/t18-,22?,24+/m1/s1. The molecule has 1 saturated heterocycles. The molecule has 1 heterocycles. The highest BCUT2D eigenvalue weighted by Crippen LogP contribution is 2.15. The van der Waals surface area contributed by atoms with Gasteiger partial charge in [-0.15, -0.1) is 0 Å². The zero-order valence-electron chi connectivity index (χ0n) is 19.0. The first kappa shape index (κ1) is 23.7. The van der Waals surface area contributed by atoms with Crippen molar-refractivity contribution in [3.8, 4) is 0 Å². The second kappa shape index (κ2) is 11.0. The number of ether oxygens (including phenoxy) is 1. The van der Waals surface area contributed by atoms with E-state index in [0.717, 1.165) is 18.4 Å². The number of hydrogen-bond acceptors (Lipinski definition) is 4. The van der Waals surface area contributed by atoms with Crippen molar-refractivity contribution < 1.29 is 19.1 Å². The second-order valence-electron chi connectivity index (χ2n) is 8.77. The van der Waals surface area contributed by atoms with Crippen LogP contribution < -0.4 is 10.6 Å². The predicted octanol–water partition coefficient (Wildman–Crippen LogP) is 3.09. The molecular weight excluding hydrogens is 404 g/mol. The molecule has 0 aromatic heterocycles. The molecule has 170 valence electrons. The number of ketones is 1. The van der Waals surface area contributed by atoms with Gasteiger partial charge in [-0.2, -0.15) is 0 Å². The van der Waals surface area contributed by atoms with Gasteiger partial charge in [0.25, 0.3) is 5.91 Å². The lowest BCUT2D eigenvalue weighted by Gasteiger charge is -2.23. The molecule has 6 nitrogen and oxygen atoms in total. The van der Waals surface area contributed by atoms with E-state index in [1.54, 1.807) is 13.0 Å². The second-order valence-corrected chi connectivity index (χ2v) is 8.77. The third-order valence-electron chi connectivity index (χ3n) is 5.72. The Morgan fingerprint density at radius 2 is 1.72 bits per heavy atom. The van der Waals surface area contributed by atoms with Crippen LogP contribution in [0.5, 0.6) is 0 Å². The van der Waals surface area contributed by atoms with Gasteiger partial charge >= 0.3 is 0 Å². The van der Waals surface area contributed by atoms with E-state index < -0.39 is 12.1 Å². The molecule has 3 rings (SSSR count).